The number of nitrogens with one attached hydrogen (secondary N) is 1. The fourth-order valence-electron chi connectivity index (χ4n) is 2.63. The maximum Gasteiger partial charge on any atom is 0.0593 e. The van der Waals surface area contributed by atoms with Crippen LogP contribution in [-0.4, -0.2) is 6.04 Å². The van der Waals surface area contributed by atoms with Crippen LogP contribution in [0, 0.1) is 0 Å². The zero-order valence-corrected chi connectivity index (χ0v) is 14.7. The molecule has 0 aromatic heterocycles. The van der Waals surface area contributed by atoms with Crippen molar-refractivity contribution in [3.05, 3.63) is 62.0 Å². The summed E-state index contributed by atoms with van der Waals surface area (Å²) in [7, 11) is 0. The molecule has 0 saturated heterocycles. The Kier molecular flexibility index (Phi) is 4.39. The van der Waals surface area contributed by atoms with Gasteiger partial charge in [0.2, 0.25) is 0 Å². The van der Waals surface area contributed by atoms with Gasteiger partial charge in [0.25, 0.3) is 0 Å². The Morgan fingerprint density at radius 3 is 2.50 bits per heavy atom. The van der Waals surface area contributed by atoms with Gasteiger partial charge in [-0.3, -0.25) is 0 Å². The summed E-state index contributed by atoms with van der Waals surface area (Å²) in [6.07, 6.45) is 2.31. The molecule has 0 heterocycles. The van der Waals surface area contributed by atoms with Crippen molar-refractivity contribution in [3.8, 4) is 0 Å². The zero-order valence-electron chi connectivity index (χ0n) is 10.7. The van der Waals surface area contributed by atoms with Crippen molar-refractivity contribution < 1.29 is 0 Å². The second kappa shape index (κ2) is 6.08. The van der Waals surface area contributed by atoms with Gasteiger partial charge >= 0.3 is 0 Å². The van der Waals surface area contributed by atoms with Crippen LogP contribution in [0.15, 0.2) is 51.4 Å². The van der Waals surface area contributed by atoms with Crippen LogP contribution in [-0.2, 0) is 0 Å². The van der Waals surface area contributed by atoms with Gasteiger partial charge in [0.15, 0.2) is 0 Å². The van der Waals surface area contributed by atoms with Crippen LogP contribution in [0.2, 0.25) is 5.02 Å². The molecule has 0 aliphatic heterocycles. The van der Waals surface area contributed by atoms with Gasteiger partial charge in [0, 0.05) is 10.5 Å². The van der Waals surface area contributed by atoms with Crippen LogP contribution in [0.5, 0.6) is 0 Å². The van der Waals surface area contributed by atoms with Gasteiger partial charge in [-0.15, -0.1) is 0 Å². The molecule has 3 rings (SSSR count). The summed E-state index contributed by atoms with van der Waals surface area (Å²) in [6, 6.07) is 14.9. The number of benzene rings is 2. The molecule has 104 valence electrons. The number of rotatable bonds is 3. The van der Waals surface area contributed by atoms with Gasteiger partial charge in [-0.05, 0) is 58.5 Å². The van der Waals surface area contributed by atoms with Crippen molar-refractivity contribution in [2.45, 2.75) is 24.8 Å². The molecular weight excluding hydrogens is 401 g/mol. The topological polar surface area (TPSA) is 12.0 Å². The van der Waals surface area contributed by atoms with Crippen molar-refractivity contribution in [3.63, 3.8) is 0 Å². The summed E-state index contributed by atoms with van der Waals surface area (Å²) in [5.74, 6) is 0.640. The third-order valence-corrected chi connectivity index (χ3v) is 5.91. The molecular formula is C16H14Br2ClN. The van der Waals surface area contributed by atoms with Crippen molar-refractivity contribution in [1.29, 1.82) is 0 Å². The summed E-state index contributed by atoms with van der Waals surface area (Å²) in [5, 5.41) is 4.31. The highest BCUT2D eigenvalue weighted by Crippen LogP contribution is 2.42. The molecule has 0 atom stereocenters. The summed E-state index contributed by atoms with van der Waals surface area (Å²) < 4.78 is 2.17. The van der Waals surface area contributed by atoms with Crippen LogP contribution in [0.25, 0.3) is 0 Å². The average molecular weight is 416 g/mol. The number of anilines is 1. The predicted octanol–water partition coefficient (Wildman–Crippen LogP) is 6.22. The Morgan fingerprint density at radius 2 is 1.75 bits per heavy atom. The quantitative estimate of drug-likeness (QED) is 0.627. The fourth-order valence-corrected chi connectivity index (χ4v) is 3.79. The normalized spacial score (nSPS) is 21.4. The average Bonchev–Trinajstić information content (AvgIpc) is 2.39. The Balaban J connectivity index is 1.64. The molecule has 2 aromatic rings. The van der Waals surface area contributed by atoms with E-state index in [1.807, 2.05) is 12.1 Å². The first-order chi connectivity index (χ1) is 9.65. The summed E-state index contributed by atoms with van der Waals surface area (Å²) in [5.41, 5.74) is 2.49. The maximum absolute atomic E-state index is 6.11. The highest BCUT2D eigenvalue weighted by Gasteiger charge is 2.31. The van der Waals surface area contributed by atoms with E-state index in [1.54, 1.807) is 0 Å². The number of hydrogen-bond donors (Lipinski definition) is 1. The van der Waals surface area contributed by atoms with Crippen LogP contribution in [0.3, 0.4) is 0 Å². The first kappa shape index (κ1) is 14.4. The molecule has 0 spiro atoms. The van der Waals surface area contributed by atoms with Gasteiger partial charge in [-0.25, -0.2) is 0 Å². The van der Waals surface area contributed by atoms with E-state index in [0.717, 1.165) is 28.0 Å². The molecule has 20 heavy (non-hydrogen) atoms. The monoisotopic (exact) mass is 413 g/mol. The molecule has 1 saturated carbocycles. The minimum Gasteiger partial charge on any atom is -0.381 e. The third kappa shape index (κ3) is 2.90. The molecule has 0 unspecified atom stereocenters. The molecule has 0 bridgehead atoms. The Labute approximate surface area is 141 Å². The molecule has 4 heteroatoms. The third-order valence-electron chi connectivity index (χ3n) is 3.79. The zero-order chi connectivity index (χ0) is 14.1. The molecule has 1 aliphatic carbocycles. The highest BCUT2D eigenvalue weighted by atomic mass is 79.9. The first-order valence-electron chi connectivity index (χ1n) is 6.60. The van der Waals surface area contributed by atoms with Crippen molar-refractivity contribution in [1.82, 2.24) is 0 Å². The highest BCUT2D eigenvalue weighted by molar-refractivity contribution is 9.11. The molecule has 2 aromatic carbocycles. The van der Waals surface area contributed by atoms with Gasteiger partial charge < -0.3 is 5.32 Å². The van der Waals surface area contributed by atoms with Crippen LogP contribution < -0.4 is 5.32 Å². The largest absolute Gasteiger partial charge is 0.381 e. The Morgan fingerprint density at radius 1 is 1.00 bits per heavy atom. The maximum atomic E-state index is 6.11. The number of hydrogen-bond acceptors (Lipinski definition) is 1. The smallest absolute Gasteiger partial charge is 0.0593 e. The lowest BCUT2D eigenvalue weighted by Crippen LogP contribution is -2.34. The van der Waals surface area contributed by atoms with E-state index >= 15 is 0 Å². The lowest BCUT2D eigenvalue weighted by molar-refractivity contribution is 0.373. The van der Waals surface area contributed by atoms with Crippen molar-refractivity contribution in [2.24, 2.45) is 0 Å². The van der Waals surface area contributed by atoms with Crippen molar-refractivity contribution >= 4 is 49.1 Å². The van der Waals surface area contributed by atoms with Gasteiger partial charge in [-0.2, -0.15) is 0 Å². The molecule has 1 nitrogen and oxygen atoms in total. The SMILES string of the molecule is Clc1cccc(NC2CC(c3ccccc3Br)C2)c1Br. The molecule has 0 amide bonds. The van der Waals surface area contributed by atoms with Gasteiger partial charge in [0.1, 0.15) is 0 Å². The van der Waals surface area contributed by atoms with Gasteiger partial charge in [-0.1, -0.05) is 51.8 Å². The van der Waals surface area contributed by atoms with E-state index in [0.29, 0.717) is 12.0 Å². The minimum absolute atomic E-state index is 0.516. The lowest BCUT2D eigenvalue weighted by atomic mass is 9.76. The summed E-state index contributed by atoms with van der Waals surface area (Å²) >= 11 is 13.3. The molecule has 1 N–H and O–H groups in total. The van der Waals surface area contributed by atoms with E-state index in [-0.39, 0.29) is 0 Å². The van der Waals surface area contributed by atoms with Crippen molar-refractivity contribution in [2.75, 3.05) is 5.32 Å². The lowest BCUT2D eigenvalue weighted by Gasteiger charge is -2.37. The molecule has 0 radical (unpaired) electrons. The predicted molar refractivity (Wildman–Crippen MR) is 92.7 cm³/mol. The van der Waals surface area contributed by atoms with E-state index in [4.69, 9.17) is 11.6 Å². The Hall–Kier alpha value is -0.510. The molecule has 1 fully saturated rings. The van der Waals surface area contributed by atoms with E-state index in [1.165, 1.54) is 10.0 Å². The van der Waals surface area contributed by atoms with E-state index in [2.05, 4.69) is 67.5 Å². The second-order valence-corrected chi connectivity index (χ2v) is 7.19. The Bertz CT molecular complexity index is 624. The minimum atomic E-state index is 0.516. The van der Waals surface area contributed by atoms with E-state index in [9.17, 15) is 0 Å². The van der Waals surface area contributed by atoms with Gasteiger partial charge in [0.05, 0.1) is 15.2 Å². The fraction of sp³-hybridized carbons (Fsp3) is 0.250. The summed E-state index contributed by atoms with van der Waals surface area (Å²) in [4.78, 5) is 0. The molecule has 1 aliphatic rings. The standard InChI is InChI=1S/C16H14Br2ClN/c17-13-5-2-1-4-12(13)10-8-11(9-10)20-15-7-3-6-14(19)16(15)18/h1-7,10-11,20H,8-9H2. The summed E-state index contributed by atoms with van der Waals surface area (Å²) in [6.45, 7) is 0. The number of halogens is 3. The second-order valence-electron chi connectivity index (χ2n) is 5.13. The van der Waals surface area contributed by atoms with E-state index < -0.39 is 0 Å². The van der Waals surface area contributed by atoms with Crippen LogP contribution >= 0.6 is 43.5 Å². The van der Waals surface area contributed by atoms with Crippen LogP contribution in [0.1, 0.15) is 24.3 Å². The first-order valence-corrected chi connectivity index (χ1v) is 8.56. The van der Waals surface area contributed by atoms with Crippen LogP contribution in [0.4, 0.5) is 5.69 Å².